The summed E-state index contributed by atoms with van der Waals surface area (Å²) in [6.07, 6.45) is 0. The van der Waals surface area contributed by atoms with Crippen LogP contribution in [0.2, 0.25) is 0 Å². The van der Waals surface area contributed by atoms with Gasteiger partial charge in [0.25, 0.3) is 0 Å². The van der Waals surface area contributed by atoms with Crippen LogP contribution in [0.25, 0.3) is 0 Å². The average molecular weight is 390 g/mol. The molecule has 0 N–H and O–H groups in total. The molecule has 0 aromatic carbocycles. The molecule has 0 heterocycles. The zero-order valence-corrected chi connectivity index (χ0v) is 17.9. The van der Waals surface area contributed by atoms with Crippen LogP contribution in [0.3, 0.4) is 0 Å². The predicted octanol–water partition coefficient (Wildman–Crippen LogP) is -6.47. The van der Waals surface area contributed by atoms with E-state index in [1.54, 1.807) is 0 Å². The molecular weight excluding hydrogens is 390 g/mol. The summed E-state index contributed by atoms with van der Waals surface area (Å²) in [5.41, 5.74) is 0. The van der Waals surface area contributed by atoms with Crippen LogP contribution in [-0.4, -0.2) is 10.2 Å². The molecule has 0 rings (SSSR count). The minimum absolute atomic E-state index is 0. The summed E-state index contributed by atoms with van der Waals surface area (Å²) in [6.45, 7) is 0. The summed E-state index contributed by atoms with van der Waals surface area (Å²) in [6, 6.07) is 0. The van der Waals surface area contributed by atoms with Gasteiger partial charge in [0.05, 0.1) is 10.2 Å². The Morgan fingerprint density at radius 2 is 0.700 bits per heavy atom. The Hall–Kier alpha value is 2.50. The van der Waals surface area contributed by atoms with Gasteiger partial charge in [-0.3, -0.25) is 0 Å². The molecule has 10 heteroatoms. The van der Waals surface area contributed by atoms with Gasteiger partial charge in [0.15, 0.2) is 0 Å². The first kappa shape index (κ1) is 22.9. The Labute approximate surface area is 173 Å². The van der Waals surface area contributed by atoms with Crippen LogP contribution in [0.15, 0.2) is 0 Å². The van der Waals surface area contributed by atoms with E-state index >= 15 is 0 Å². The van der Waals surface area contributed by atoms with E-state index in [9.17, 15) is 0 Å². The van der Waals surface area contributed by atoms with Crippen molar-refractivity contribution < 1.29 is 148 Å². The first-order chi connectivity index (χ1) is 3.46. The summed E-state index contributed by atoms with van der Waals surface area (Å²) >= 11 is 0. The van der Waals surface area contributed by atoms with Crippen molar-refractivity contribution in [1.29, 1.82) is 0 Å². The summed E-state index contributed by atoms with van der Waals surface area (Å²) in [7, 11) is 0. The second kappa shape index (κ2) is 17.6. The van der Waals surface area contributed by atoms with E-state index in [2.05, 4.69) is 0 Å². The molecule has 0 radical (unpaired) electrons. The zero-order valence-electron chi connectivity index (χ0n) is 5.34. The van der Waals surface area contributed by atoms with Crippen molar-refractivity contribution in [2.45, 2.75) is 0 Å². The van der Waals surface area contributed by atoms with E-state index in [0.29, 0.717) is 0 Å². The van der Waals surface area contributed by atoms with Crippen molar-refractivity contribution in [3.63, 3.8) is 0 Å². The molecule has 0 unspecified atom stereocenters. The van der Waals surface area contributed by atoms with Crippen molar-refractivity contribution in [3.8, 4) is 0 Å². The van der Waals surface area contributed by atoms with Crippen molar-refractivity contribution in [1.82, 2.24) is 0 Å². The van der Waals surface area contributed by atoms with E-state index in [-0.39, 0.29) is 138 Å². The Morgan fingerprint density at radius 1 is 0.700 bits per heavy atom. The van der Waals surface area contributed by atoms with Gasteiger partial charge in [-0.15, -0.1) is 0 Å². The standard InChI is InChI=1S/2Cs.2NO3/c;;2*2-1(3)4/q2*+1;2*-1. The van der Waals surface area contributed by atoms with Gasteiger partial charge in [0.1, 0.15) is 0 Å². The van der Waals surface area contributed by atoms with Gasteiger partial charge in [-0.2, -0.15) is 0 Å². The van der Waals surface area contributed by atoms with Crippen LogP contribution in [-0.2, 0) is 0 Å². The molecule has 0 aliphatic carbocycles. The minimum Gasteiger partial charge on any atom is -0.356 e. The Kier molecular flexibility index (Phi) is 40.2. The fourth-order valence-corrected chi connectivity index (χ4v) is 0. The van der Waals surface area contributed by atoms with Gasteiger partial charge < -0.3 is 30.6 Å². The third-order valence-corrected chi connectivity index (χ3v) is 0. The number of hydrogen-bond donors (Lipinski definition) is 0. The molecule has 0 aliphatic heterocycles. The van der Waals surface area contributed by atoms with Crippen LogP contribution in [0.1, 0.15) is 0 Å². The predicted molar refractivity (Wildman–Crippen MR) is 20.7 cm³/mol. The Balaban J connectivity index is -0.0000000300. The summed E-state index contributed by atoms with van der Waals surface area (Å²) in [5.74, 6) is 0. The third-order valence-electron chi connectivity index (χ3n) is 0. The monoisotopic (exact) mass is 390 g/mol. The average Bonchev–Trinajstić information content (AvgIpc) is 1.25. The smallest absolute Gasteiger partial charge is 0.356 e. The summed E-state index contributed by atoms with van der Waals surface area (Å²) in [4.78, 5) is 16.5. The fourth-order valence-electron chi connectivity index (χ4n) is 0. The Morgan fingerprint density at radius 3 is 0.700 bits per heavy atom. The normalized spacial score (nSPS) is 4.80. The molecule has 48 valence electrons. The molecule has 0 atom stereocenters. The van der Waals surface area contributed by atoms with Crippen LogP contribution in [0.4, 0.5) is 0 Å². The van der Waals surface area contributed by atoms with E-state index < -0.39 is 10.2 Å². The van der Waals surface area contributed by atoms with Gasteiger partial charge in [-0.1, -0.05) is 0 Å². The first-order valence-corrected chi connectivity index (χ1v) is 1.10. The first-order valence-electron chi connectivity index (χ1n) is 1.10. The van der Waals surface area contributed by atoms with Gasteiger partial charge in [-0.05, 0) is 0 Å². The number of rotatable bonds is 0. The molecule has 0 fully saturated rings. The fraction of sp³-hybridized carbons (Fsp3) is 0. The van der Waals surface area contributed by atoms with Gasteiger partial charge in [0.2, 0.25) is 0 Å². The van der Waals surface area contributed by atoms with Crippen LogP contribution >= 0.6 is 0 Å². The molecule has 0 spiro atoms. The molecular formula is Cs2N2O6. The van der Waals surface area contributed by atoms with Gasteiger partial charge in [-0.25, -0.2) is 0 Å². The minimum atomic E-state index is -1.75. The maximum absolute atomic E-state index is 8.25. The molecule has 10 heavy (non-hydrogen) atoms. The van der Waals surface area contributed by atoms with E-state index in [1.165, 1.54) is 0 Å². The molecule has 0 amide bonds. The maximum Gasteiger partial charge on any atom is 1.00 e. The second-order valence-corrected chi connectivity index (χ2v) is 0.447. The van der Waals surface area contributed by atoms with Crippen molar-refractivity contribution in [3.05, 3.63) is 30.6 Å². The van der Waals surface area contributed by atoms with E-state index in [0.717, 1.165) is 0 Å². The van der Waals surface area contributed by atoms with Crippen LogP contribution in [0, 0.1) is 30.6 Å². The van der Waals surface area contributed by atoms with Gasteiger partial charge >= 0.3 is 138 Å². The second-order valence-electron chi connectivity index (χ2n) is 0.447. The SMILES string of the molecule is O=[N+]([O-])[O-].O=[N+]([O-])[O-].[Cs+].[Cs+]. The topological polar surface area (TPSA) is 132 Å². The zero-order chi connectivity index (χ0) is 7.15. The molecule has 0 saturated heterocycles. The molecule has 0 bridgehead atoms. The van der Waals surface area contributed by atoms with Crippen molar-refractivity contribution >= 4 is 0 Å². The van der Waals surface area contributed by atoms with E-state index in [1.807, 2.05) is 0 Å². The molecule has 0 saturated carbocycles. The van der Waals surface area contributed by atoms with E-state index in [4.69, 9.17) is 30.6 Å². The van der Waals surface area contributed by atoms with Gasteiger partial charge in [0, 0.05) is 0 Å². The Bertz CT molecular complexity index is 71.7. The molecule has 0 aliphatic rings. The summed E-state index contributed by atoms with van der Waals surface area (Å²) in [5, 5.41) is 29.5. The quantitative estimate of drug-likeness (QED) is 0.299. The summed E-state index contributed by atoms with van der Waals surface area (Å²) < 4.78 is 0. The van der Waals surface area contributed by atoms with Crippen molar-refractivity contribution in [2.24, 2.45) is 0 Å². The third kappa shape index (κ3) is 151. The number of hydrogen-bond acceptors (Lipinski definition) is 6. The maximum atomic E-state index is 8.25. The largest absolute Gasteiger partial charge is 1.00 e. The van der Waals surface area contributed by atoms with Crippen LogP contribution in [0.5, 0.6) is 0 Å². The van der Waals surface area contributed by atoms with Crippen molar-refractivity contribution in [2.75, 3.05) is 0 Å². The molecule has 8 nitrogen and oxygen atoms in total. The molecule has 0 aromatic rings. The number of nitrogens with zero attached hydrogens (tertiary/aromatic N) is 2. The molecule has 0 aromatic heterocycles. The van der Waals surface area contributed by atoms with Crippen LogP contribution < -0.4 is 138 Å².